The van der Waals surface area contributed by atoms with Gasteiger partial charge in [0.1, 0.15) is 0 Å². The van der Waals surface area contributed by atoms with Crippen molar-refractivity contribution in [1.29, 1.82) is 0 Å². The summed E-state index contributed by atoms with van der Waals surface area (Å²) in [6.45, 7) is 5.96. The number of rotatable bonds is 3. The van der Waals surface area contributed by atoms with Gasteiger partial charge in [-0.25, -0.2) is 0 Å². The number of likely N-dealkylation sites (N-methyl/N-ethyl adjacent to an activating group) is 1. The molecule has 3 aliphatic rings. The number of nitrogens with zero attached hydrogens (tertiary/aromatic N) is 2. The summed E-state index contributed by atoms with van der Waals surface area (Å²) < 4.78 is 0. The molecule has 1 fully saturated rings. The summed E-state index contributed by atoms with van der Waals surface area (Å²) in [7, 11) is 2.04. The third kappa shape index (κ3) is 2.32. The Hall–Kier alpha value is -2.47. The minimum absolute atomic E-state index is 0.0296. The Kier molecular flexibility index (Phi) is 3.54. The molecule has 1 N–H and O–H groups in total. The summed E-state index contributed by atoms with van der Waals surface area (Å²) >= 11 is 0. The fourth-order valence-electron chi connectivity index (χ4n) is 4.15. The Balaban J connectivity index is 1.85. The van der Waals surface area contributed by atoms with Gasteiger partial charge in [-0.3, -0.25) is 14.9 Å². The highest BCUT2D eigenvalue weighted by Crippen LogP contribution is 2.54. The first-order valence-corrected chi connectivity index (χ1v) is 8.64. The first-order chi connectivity index (χ1) is 11.9. The maximum Gasteiger partial charge on any atom is 0.270 e. The maximum absolute atomic E-state index is 12.6. The summed E-state index contributed by atoms with van der Waals surface area (Å²) in [6, 6.07) is 3.12. The van der Waals surface area contributed by atoms with Gasteiger partial charge in [0.15, 0.2) is 0 Å². The minimum atomic E-state index is -0.575. The first kappa shape index (κ1) is 16.0. The summed E-state index contributed by atoms with van der Waals surface area (Å²) in [5.41, 5.74) is 3.47. The molecule has 6 nitrogen and oxygen atoms in total. The van der Waals surface area contributed by atoms with Crippen molar-refractivity contribution in [3.8, 4) is 0 Å². The molecule has 2 aliphatic heterocycles. The topological polar surface area (TPSA) is 75.5 Å². The minimum Gasteiger partial charge on any atom is -0.324 e. The highest BCUT2D eigenvalue weighted by Gasteiger charge is 2.52. The van der Waals surface area contributed by atoms with Crippen LogP contribution in [0.1, 0.15) is 36.8 Å². The Morgan fingerprint density at radius 1 is 1.40 bits per heavy atom. The Labute approximate surface area is 146 Å². The number of nitrogens with one attached hydrogen (secondary N) is 1. The zero-order valence-corrected chi connectivity index (χ0v) is 14.3. The van der Waals surface area contributed by atoms with Crippen LogP contribution in [0.3, 0.4) is 0 Å². The van der Waals surface area contributed by atoms with Crippen LogP contribution in [0.5, 0.6) is 0 Å². The van der Waals surface area contributed by atoms with Crippen molar-refractivity contribution in [1.82, 2.24) is 4.90 Å². The van der Waals surface area contributed by atoms with Crippen LogP contribution in [-0.2, 0) is 10.2 Å². The molecule has 0 aromatic heterocycles. The number of carbonyl (C=O) groups is 1. The fraction of sp³-hybridized carbons (Fsp3) is 0.421. The highest BCUT2D eigenvalue weighted by atomic mass is 16.6. The van der Waals surface area contributed by atoms with Gasteiger partial charge in [0, 0.05) is 30.8 Å². The summed E-state index contributed by atoms with van der Waals surface area (Å²) in [4.78, 5) is 25.9. The number of hydrogen-bond donors (Lipinski definition) is 1. The predicted octanol–water partition coefficient (Wildman–Crippen LogP) is 3.24. The zero-order valence-electron chi connectivity index (χ0n) is 14.3. The van der Waals surface area contributed by atoms with Crippen molar-refractivity contribution < 1.29 is 9.72 Å². The molecule has 1 aromatic carbocycles. The van der Waals surface area contributed by atoms with Crippen LogP contribution in [0.25, 0.3) is 5.57 Å². The van der Waals surface area contributed by atoms with Crippen molar-refractivity contribution >= 4 is 22.9 Å². The molecule has 0 bridgehead atoms. The predicted molar refractivity (Wildman–Crippen MR) is 96.5 cm³/mol. The summed E-state index contributed by atoms with van der Waals surface area (Å²) in [6.07, 6.45) is 5.55. The normalized spacial score (nSPS) is 21.3. The third-order valence-electron chi connectivity index (χ3n) is 5.78. The van der Waals surface area contributed by atoms with E-state index in [0.29, 0.717) is 5.56 Å². The van der Waals surface area contributed by atoms with E-state index < -0.39 is 5.41 Å². The van der Waals surface area contributed by atoms with E-state index in [-0.39, 0.29) is 16.5 Å². The molecule has 25 heavy (non-hydrogen) atoms. The van der Waals surface area contributed by atoms with Gasteiger partial charge in [-0.15, -0.1) is 0 Å². The van der Waals surface area contributed by atoms with Crippen LogP contribution in [0.4, 0.5) is 11.4 Å². The molecular formula is C19H21N3O3. The van der Waals surface area contributed by atoms with E-state index in [1.54, 1.807) is 12.1 Å². The maximum atomic E-state index is 12.6. The fourth-order valence-corrected chi connectivity index (χ4v) is 4.15. The number of non-ortho nitro benzene ring substituents is 1. The number of fused-ring (bicyclic) bond motifs is 2. The molecule has 1 amide bonds. The number of nitro groups is 1. The van der Waals surface area contributed by atoms with E-state index in [4.69, 9.17) is 0 Å². The molecule has 1 aromatic rings. The second-order valence-electron chi connectivity index (χ2n) is 7.30. The van der Waals surface area contributed by atoms with E-state index in [0.717, 1.165) is 61.2 Å². The van der Waals surface area contributed by atoms with Crippen molar-refractivity contribution in [3.63, 3.8) is 0 Å². The van der Waals surface area contributed by atoms with Gasteiger partial charge in [-0.1, -0.05) is 19.1 Å². The molecule has 0 saturated heterocycles. The van der Waals surface area contributed by atoms with Crippen LogP contribution in [0.15, 0.2) is 30.4 Å². The molecule has 1 spiro atoms. The second-order valence-corrected chi connectivity index (χ2v) is 7.30. The summed E-state index contributed by atoms with van der Waals surface area (Å²) in [5, 5.41) is 14.4. The van der Waals surface area contributed by atoms with Gasteiger partial charge >= 0.3 is 0 Å². The lowest BCUT2D eigenvalue weighted by molar-refractivity contribution is -0.385. The second kappa shape index (κ2) is 5.52. The number of anilines is 1. The highest BCUT2D eigenvalue weighted by molar-refractivity contribution is 6.10. The van der Waals surface area contributed by atoms with E-state index >= 15 is 0 Å². The zero-order chi connectivity index (χ0) is 17.8. The molecule has 2 heterocycles. The van der Waals surface area contributed by atoms with E-state index in [9.17, 15) is 14.9 Å². The number of carbonyl (C=O) groups excluding carboxylic acids is 1. The van der Waals surface area contributed by atoms with E-state index in [2.05, 4.69) is 22.9 Å². The molecular weight excluding hydrogens is 318 g/mol. The quantitative estimate of drug-likeness (QED) is 0.677. The van der Waals surface area contributed by atoms with Gasteiger partial charge in [0.25, 0.3) is 5.69 Å². The van der Waals surface area contributed by atoms with Crippen LogP contribution in [0.2, 0.25) is 0 Å². The van der Waals surface area contributed by atoms with Gasteiger partial charge < -0.3 is 10.2 Å². The SMILES string of the molecule is C=C(C1=CCCN(C)C1)c1cc([N+](=O)[O-])cc2c1NC(=O)C21CCC1. The largest absolute Gasteiger partial charge is 0.324 e. The standard InChI is InChI=1S/C19H21N3O3/c1-12(13-5-3-8-21(2)11-13)15-9-14(22(24)25)10-16-17(15)20-18(23)19(16)6-4-7-19/h5,9-10H,1,3-4,6-8,11H2,2H3,(H,20,23). The lowest BCUT2D eigenvalue weighted by Gasteiger charge is -2.36. The van der Waals surface area contributed by atoms with Crippen LogP contribution >= 0.6 is 0 Å². The number of amides is 1. The van der Waals surface area contributed by atoms with Crippen LogP contribution in [-0.4, -0.2) is 35.9 Å². The van der Waals surface area contributed by atoms with E-state index in [1.807, 2.05) is 7.05 Å². The molecule has 1 saturated carbocycles. The Morgan fingerprint density at radius 3 is 2.76 bits per heavy atom. The molecule has 130 valence electrons. The lowest BCUT2D eigenvalue weighted by Crippen LogP contribution is -2.40. The van der Waals surface area contributed by atoms with Crippen molar-refractivity contribution in [3.05, 3.63) is 51.6 Å². The molecule has 1 aliphatic carbocycles. The Morgan fingerprint density at radius 2 is 2.16 bits per heavy atom. The molecule has 0 unspecified atom stereocenters. The van der Waals surface area contributed by atoms with Gasteiger partial charge in [0.05, 0.1) is 16.0 Å². The Bertz CT molecular complexity index is 837. The average Bonchev–Trinajstić information content (AvgIpc) is 2.85. The van der Waals surface area contributed by atoms with Crippen LogP contribution < -0.4 is 5.32 Å². The van der Waals surface area contributed by atoms with Crippen molar-refractivity contribution in [2.24, 2.45) is 0 Å². The smallest absolute Gasteiger partial charge is 0.270 e. The van der Waals surface area contributed by atoms with Gasteiger partial charge in [-0.05, 0) is 43.0 Å². The van der Waals surface area contributed by atoms with Gasteiger partial charge in [-0.2, -0.15) is 0 Å². The number of hydrogen-bond acceptors (Lipinski definition) is 4. The summed E-state index contributed by atoms with van der Waals surface area (Å²) in [5.74, 6) is -0.0296. The van der Waals surface area contributed by atoms with Crippen molar-refractivity contribution in [2.75, 3.05) is 25.5 Å². The van der Waals surface area contributed by atoms with E-state index in [1.165, 1.54) is 0 Å². The molecule has 0 atom stereocenters. The monoisotopic (exact) mass is 339 g/mol. The number of benzene rings is 1. The number of nitro benzene ring substituents is 1. The lowest BCUT2D eigenvalue weighted by atomic mass is 9.65. The molecule has 0 radical (unpaired) electrons. The van der Waals surface area contributed by atoms with Gasteiger partial charge in [0.2, 0.25) is 5.91 Å². The molecule has 4 rings (SSSR count). The van der Waals surface area contributed by atoms with Crippen LogP contribution in [0, 0.1) is 10.1 Å². The molecule has 6 heteroatoms. The first-order valence-electron chi connectivity index (χ1n) is 8.64. The average molecular weight is 339 g/mol. The third-order valence-corrected chi connectivity index (χ3v) is 5.78. The van der Waals surface area contributed by atoms with Crippen molar-refractivity contribution in [2.45, 2.75) is 31.1 Å².